The molecule has 0 aromatic heterocycles. The summed E-state index contributed by atoms with van der Waals surface area (Å²) in [5, 5.41) is 22.9. The van der Waals surface area contributed by atoms with Crippen molar-refractivity contribution in [2.45, 2.75) is 88.8 Å². The fraction of sp³-hybridized carbons (Fsp3) is 0.654. The molecule has 156 valence electrons. The van der Waals surface area contributed by atoms with Gasteiger partial charge in [0.25, 0.3) is 0 Å². The van der Waals surface area contributed by atoms with Gasteiger partial charge in [-0.3, -0.25) is 4.79 Å². The summed E-state index contributed by atoms with van der Waals surface area (Å²) in [4.78, 5) is 11.2. The maximum Gasteiger partial charge on any atom is 0.150 e. The van der Waals surface area contributed by atoms with Crippen molar-refractivity contribution in [3.8, 4) is 0 Å². The number of hydrogen-bond acceptors (Lipinski definition) is 3. The van der Waals surface area contributed by atoms with Gasteiger partial charge in [-0.25, -0.2) is 0 Å². The van der Waals surface area contributed by atoms with Crippen molar-refractivity contribution < 1.29 is 15.0 Å². The van der Waals surface area contributed by atoms with Gasteiger partial charge in [-0.15, -0.1) is 0 Å². The summed E-state index contributed by atoms with van der Waals surface area (Å²) in [6, 6.07) is 8.03. The minimum atomic E-state index is -0.644. The average Bonchev–Trinajstić information content (AvgIpc) is 2.96. The van der Waals surface area contributed by atoms with Crippen LogP contribution in [0, 0.1) is 17.3 Å². The summed E-state index contributed by atoms with van der Waals surface area (Å²) >= 11 is 0. The zero-order valence-corrected chi connectivity index (χ0v) is 17.8. The molecule has 5 rings (SSSR count). The third-order valence-electron chi connectivity index (χ3n) is 9.40. The van der Waals surface area contributed by atoms with Crippen molar-refractivity contribution in [2.24, 2.45) is 17.3 Å². The van der Waals surface area contributed by atoms with Crippen molar-refractivity contribution in [1.82, 2.24) is 0 Å². The second-order valence-electron chi connectivity index (χ2n) is 10.7. The molecule has 1 aromatic rings. The first-order valence-corrected chi connectivity index (χ1v) is 11.5. The molecule has 3 fully saturated rings. The van der Waals surface area contributed by atoms with Crippen molar-refractivity contribution in [1.29, 1.82) is 0 Å². The lowest BCUT2D eigenvalue weighted by Crippen LogP contribution is -2.52. The van der Waals surface area contributed by atoms with Gasteiger partial charge in [-0.1, -0.05) is 36.8 Å². The van der Waals surface area contributed by atoms with E-state index in [0.717, 1.165) is 57.7 Å². The molecular weight excluding hydrogens is 360 g/mol. The van der Waals surface area contributed by atoms with E-state index in [2.05, 4.69) is 19.1 Å². The first kappa shape index (κ1) is 19.5. The van der Waals surface area contributed by atoms with Gasteiger partial charge in [0, 0.05) is 16.9 Å². The maximum absolute atomic E-state index is 11.5. The van der Waals surface area contributed by atoms with E-state index >= 15 is 0 Å². The molecule has 3 nitrogen and oxygen atoms in total. The smallest absolute Gasteiger partial charge is 0.150 e. The Morgan fingerprint density at radius 1 is 1.00 bits per heavy atom. The molecule has 0 radical (unpaired) electrons. The van der Waals surface area contributed by atoms with Crippen LogP contribution in [0.1, 0.15) is 93.5 Å². The van der Waals surface area contributed by atoms with Crippen molar-refractivity contribution in [3.05, 3.63) is 46.5 Å². The summed E-state index contributed by atoms with van der Waals surface area (Å²) in [6.07, 6.45) is 9.90. The van der Waals surface area contributed by atoms with Gasteiger partial charge in [0.1, 0.15) is 6.29 Å². The number of allylic oxidation sites excluding steroid dienone is 1. The Bertz CT molecular complexity index is 851. The summed E-state index contributed by atoms with van der Waals surface area (Å²) < 4.78 is 0. The van der Waals surface area contributed by atoms with Crippen molar-refractivity contribution in [2.75, 3.05) is 0 Å². The fourth-order valence-corrected chi connectivity index (χ4v) is 7.55. The molecule has 4 aliphatic rings. The van der Waals surface area contributed by atoms with Crippen LogP contribution < -0.4 is 0 Å². The Morgan fingerprint density at radius 2 is 1.76 bits per heavy atom. The molecule has 6 atom stereocenters. The van der Waals surface area contributed by atoms with Crippen LogP contribution in [-0.2, 0) is 0 Å². The lowest BCUT2D eigenvalue weighted by molar-refractivity contribution is -0.0852. The first-order valence-electron chi connectivity index (χ1n) is 11.5. The van der Waals surface area contributed by atoms with Crippen LogP contribution in [0.25, 0.3) is 0 Å². The van der Waals surface area contributed by atoms with Crippen LogP contribution in [0.15, 0.2) is 35.4 Å². The summed E-state index contributed by atoms with van der Waals surface area (Å²) in [5.41, 5.74) is 3.40. The Balaban J connectivity index is 1.68. The van der Waals surface area contributed by atoms with Crippen LogP contribution >= 0.6 is 0 Å². The van der Waals surface area contributed by atoms with Gasteiger partial charge in [0.2, 0.25) is 0 Å². The van der Waals surface area contributed by atoms with Crippen LogP contribution in [-0.4, -0.2) is 27.7 Å². The van der Waals surface area contributed by atoms with E-state index in [1.165, 1.54) is 23.1 Å². The van der Waals surface area contributed by atoms with Crippen LogP contribution in [0.5, 0.6) is 0 Å². The predicted octanol–water partition coefficient (Wildman–Crippen LogP) is 5.17. The summed E-state index contributed by atoms with van der Waals surface area (Å²) in [6.45, 7) is 4.35. The van der Waals surface area contributed by atoms with Gasteiger partial charge < -0.3 is 10.2 Å². The molecule has 2 N–H and O–H groups in total. The van der Waals surface area contributed by atoms with E-state index < -0.39 is 11.2 Å². The largest absolute Gasteiger partial charge is 0.390 e. The van der Waals surface area contributed by atoms with Crippen molar-refractivity contribution >= 4 is 6.29 Å². The predicted molar refractivity (Wildman–Crippen MR) is 114 cm³/mol. The van der Waals surface area contributed by atoms with Gasteiger partial charge in [0.15, 0.2) is 0 Å². The van der Waals surface area contributed by atoms with Crippen molar-refractivity contribution in [3.63, 3.8) is 0 Å². The van der Waals surface area contributed by atoms with E-state index in [4.69, 9.17) is 0 Å². The maximum atomic E-state index is 11.5. The Labute approximate surface area is 174 Å². The molecule has 3 saturated carbocycles. The molecular formula is C26H34O3. The molecule has 0 heterocycles. The lowest BCUT2D eigenvalue weighted by Gasteiger charge is -2.56. The average molecular weight is 395 g/mol. The SMILES string of the molecule is C[C@]1(O)CCC2C3CC[C@@]4(O)CCCCC4=C3[C@@H](c3ccc(C=O)cc3)C[C@@]21C. The summed E-state index contributed by atoms with van der Waals surface area (Å²) in [5.74, 6) is 1.19. The zero-order valence-electron chi connectivity index (χ0n) is 17.8. The molecule has 0 saturated heterocycles. The van der Waals surface area contributed by atoms with E-state index in [0.29, 0.717) is 17.4 Å². The van der Waals surface area contributed by atoms with Gasteiger partial charge in [-0.2, -0.15) is 0 Å². The molecule has 3 heteroatoms. The minimum Gasteiger partial charge on any atom is -0.390 e. The van der Waals surface area contributed by atoms with E-state index in [1.807, 2.05) is 19.1 Å². The lowest BCUT2D eigenvalue weighted by atomic mass is 9.50. The number of hydrogen-bond donors (Lipinski definition) is 2. The molecule has 4 aliphatic carbocycles. The number of aldehydes is 1. The molecule has 0 amide bonds. The third kappa shape index (κ3) is 2.73. The van der Waals surface area contributed by atoms with Gasteiger partial charge in [-0.05, 0) is 87.7 Å². The summed E-state index contributed by atoms with van der Waals surface area (Å²) in [7, 11) is 0. The van der Waals surface area contributed by atoms with E-state index in [-0.39, 0.29) is 11.3 Å². The molecule has 0 spiro atoms. The van der Waals surface area contributed by atoms with E-state index in [1.54, 1.807) is 0 Å². The van der Waals surface area contributed by atoms with Crippen LogP contribution in [0.2, 0.25) is 0 Å². The van der Waals surface area contributed by atoms with Crippen LogP contribution in [0.4, 0.5) is 0 Å². The highest BCUT2D eigenvalue weighted by atomic mass is 16.3. The van der Waals surface area contributed by atoms with Gasteiger partial charge in [0.05, 0.1) is 11.2 Å². The number of fused-ring (bicyclic) bond motifs is 4. The Kier molecular flexibility index (Phi) is 4.39. The highest BCUT2D eigenvalue weighted by molar-refractivity contribution is 5.74. The highest BCUT2D eigenvalue weighted by Gasteiger charge is 2.62. The minimum absolute atomic E-state index is 0.111. The number of carbonyl (C=O) groups is 1. The highest BCUT2D eigenvalue weighted by Crippen LogP contribution is 2.67. The Morgan fingerprint density at radius 3 is 2.48 bits per heavy atom. The fourth-order valence-electron chi connectivity index (χ4n) is 7.55. The molecule has 0 bridgehead atoms. The monoisotopic (exact) mass is 394 g/mol. The number of benzene rings is 1. The second-order valence-corrected chi connectivity index (χ2v) is 10.7. The number of aliphatic hydroxyl groups is 2. The normalized spacial score (nSPS) is 44.1. The quantitative estimate of drug-likeness (QED) is 0.538. The van der Waals surface area contributed by atoms with Crippen LogP contribution in [0.3, 0.4) is 0 Å². The van der Waals surface area contributed by atoms with Gasteiger partial charge >= 0.3 is 0 Å². The third-order valence-corrected chi connectivity index (χ3v) is 9.40. The topological polar surface area (TPSA) is 57.5 Å². The van der Waals surface area contributed by atoms with E-state index in [9.17, 15) is 15.0 Å². The molecule has 2 unspecified atom stereocenters. The first-order chi connectivity index (χ1) is 13.8. The standard InChI is InChI=1S/C26H34O3/c1-24-15-20(18-8-6-17(16-27)7-9-18)23-19(21(24)11-13-25(24,2)28)10-14-26(29)12-4-3-5-22(23)26/h6-9,16,19-21,28-29H,3-5,10-15H2,1-2H3/t19?,20-,21?,24+,25+,26+/m1/s1. The number of rotatable bonds is 2. The number of carbonyl (C=O) groups excluding carboxylic acids is 1. The zero-order chi connectivity index (χ0) is 20.4. The second kappa shape index (κ2) is 6.52. The molecule has 29 heavy (non-hydrogen) atoms. The molecule has 0 aliphatic heterocycles. The Hall–Kier alpha value is -1.45. The molecule has 1 aromatic carbocycles.